The van der Waals surface area contributed by atoms with Gasteiger partial charge in [0.1, 0.15) is 5.41 Å². The molecule has 2 aromatic rings. The van der Waals surface area contributed by atoms with E-state index in [0.717, 1.165) is 5.56 Å². The predicted molar refractivity (Wildman–Crippen MR) is 78.7 cm³/mol. The van der Waals surface area contributed by atoms with E-state index in [1.54, 1.807) is 0 Å². The van der Waals surface area contributed by atoms with Crippen LogP contribution >= 0.6 is 0 Å². The highest BCUT2D eigenvalue weighted by molar-refractivity contribution is 7.13. The van der Waals surface area contributed by atoms with E-state index in [1.165, 1.54) is 5.19 Å². The van der Waals surface area contributed by atoms with Gasteiger partial charge in [0.25, 0.3) is 0 Å². The van der Waals surface area contributed by atoms with Gasteiger partial charge in [0, 0.05) is 6.42 Å². The summed E-state index contributed by atoms with van der Waals surface area (Å²) in [7, 11) is -2.00. The van der Waals surface area contributed by atoms with Crippen molar-refractivity contribution in [2.75, 3.05) is 0 Å². The van der Waals surface area contributed by atoms with E-state index < -0.39 is 8.07 Å². The zero-order chi connectivity index (χ0) is 13.0. The van der Waals surface area contributed by atoms with Crippen LogP contribution in [-0.4, -0.2) is 13.5 Å². The molecule has 0 fully saturated rings. The minimum Gasteiger partial charge on any atom is -0.305 e. The molecule has 0 heterocycles. The molecule has 0 aliphatic carbocycles. The molecule has 0 unspecified atom stereocenters. The van der Waals surface area contributed by atoms with Gasteiger partial charge in [-0.1, -0.05) is 78.9 Å². The van der Waals surface area contributed by atoms with Crippen molar-refractivity contribution in [2.24, 2.45) is 0 Å². The van der Waals surface area contributed by atoms with Crippen LogP contribution in [0.4, 0.5) is 0 Å². The van der Waals surface area contributed by atoms with Crippen molar-refractivity contribution in [1.29, 1.82) is 0 Å². The first kappa shape index (κ1) is 12.8. The molecule has 0 bridgehead atoms. The highest BCUT2D eigenvalue weighted by Crippen LogP contribution is 2.10. The molecule has 0 saturated heterocycles. The quantitative estimate of drug-likeness (QED) is 0.767. The lowest BCUT2D eigenvalue weighted by Crippen LogP contribution is -2.50. The molecule has 2 heteroatoms. The molecular formula is C16H18OSi. The smallest absolute Gasteiger partial charge is 0.157 e. The minimum atomic E-state index is -2.00. The molecule has 2 aromatic carbocycles. The zero-order valence-corrected chi connectivity index (χ0v) is 11.9. The number of carbonyl (C=O) groups excluding carboxylic acids is 1. The predicted octanol–water partition coefficient (Wildman–Crippen LogP) is 2.95. The standard InChI is InChI=1S/C16H18OSi/c1-18(2,15-11-7-4-8-12-15)16(17)13-14-9-5-3-6-10-14/h3-12H,13H2,1-2H3. The molecule has 0 saturated carbocycles. The number of hydrogen-bond acceptors (Lipinski definition) is 1. The van der Waals surface area contributed by atoms with Crippen molar-refractivity contribution in [1.82, 2.24) is 0 Å². The highest BCUT2D eigenvalue weighted by Gasteiger charge is 2.31. The molecule has 0 aromatic heterocycles. The first-order chi connectivity index (χ1) is 8.60. The second kappa shape index (κ2) is 5.32. The highest BCUT2D eigenvalue weighted by atomic mass is 28.3. The van der Waals surface area contributed by atoms with Crippen LogP contribution in [0.2, 0.25) is 13.1 Å². The number of benzene rings is 2. The summed E-state index contributed by atoms with van der Waals surface area (Å²) in [5.41, 5.74) is 1.11. The van der Waals surface area contributed by atoms with E-state index in [9.17, 15) is 4.79 Å². The summed E-state index contributed by atoms with van der Waals surface area (Å²) >= 11 is 0. The molecule has 0 radical (unpaired) electrons. The van der Waals surface area contributed by atoms with Crippen LogP contribution < -0.4 is 5.19 Å². The molecule has 0 aliphatic heterocycles. The summed E-state index contributed by atoms with van der Waals surface area (Å²) in [6.07, 6.45) is 0.551. The number of hydrogen-bond donors (Lipinski definition) is 0. The Bertz CT molecular complexity index is 517. The lowest BCUT2D eigenvalue weighted by molar-refractivity contribution is -0.112. The van der Waals surface area contributed by atoms with Gasteiger partial charge in [-0.15, -0.1) is 0 Å². The SMILES string of the molecule is C[Si](C)(C(=O)Cc1ccccc1)c1ccccc1. The third kappa shape index (κ3) is 2.77. The summed E-state index contributed by atoms with van der Waals surface area (Å²) in [5, 5.41) is 1.60. The molecule has 2 rings (SSSR count). The Hall–Kier alpha value is -1.67. The summed E-state index contributed by atoms with van der Waals surface area (Å²) in [6, 6.07) is 20.2. The van der Waals surface area contributed by atoms with Gasteiger partial charge in [0.05, 0.1) is 0 Å². The molecule has 0 N–H and O–H groups in total. The van der Waals surface area contributed by atoms with E-state index >= 15 is 0 Å². The van der Waals surface area contributed by atoms with Crippen molar-refractivity contribution in [3.8, 4) is 0 Å². The van der Waals surface area contributed by atoms with Crippen molar-refractivity contribution in [3.63, 3.8) is 0 Å². The summed E-state index contributed by atoms with van der Waals surface area (Å²) < 4.78 is 0. The molecule has 0 aliphatic rings. The van der Waals surface area contributed by atoms with Crippen LogP contribution in [-0.2, 0) is 11.2 Å². The van der Waals surface area contributed by atoms with Crippen molar-refractivity contribution >= 4 is 18.7 Å². The fourth-order valence-corrected chi connectivity index (χ4v) is 4.01. The first-order valence-corrected chi connectivity index (χ1v) is 9.23. The van der Waals surface area contributed by atoms with Gasteiger partial charge in [0.15, 0.2) is 8.07 Å². The van der Waals surface area contributed by atoms with E-state index in [4.69, 9.17) is 0 Å². The molecule has 0 spiro atoms. The lowest BCUT2D eigenvalue weighted by Gasteiger charge is -2.21. The summed E-state index contributed by atoms with van der Waals surface area (Å²) in [5.74, 6) is 0. The van der Waals surface area contributed by atoms with Gasteiger partial charge in [-0.2, -0.15) is 0 Å². The van der Waals surface area contributed by atoms with Gasteiger partial charge in [-0.25, -0.2) is 0 Å². The Labute approximate surface area is 109 Å². The zero-order valence-electron chi connectivity index (χ0n) is 10.9. The van der Waals surface area contributed by atoms with Crippen LogP contribution in [0.15, 0.2) is 60.7 Å². The minimum absolute atomic E-state index is 0.389. The molecule has 0 atom stereocenters. The normalized spacial score (nSPS) is 11.2. The summed E-state index contributed by atoms with van der Waals surface area (Å²) in [4.78, 5) is 12.5. The maximum absolute atomic E-state index is 12.5. The third-order valence-corrected chi connectivity index (χ3v) is 6.75. The number of rotatable bonds is 4. The number of carbonyl (C=O) groups is 1. The molecule has 1 nitrogen and oxygen atoms in total. The van der Waals surface area contributed by atoms with Crippen LogP contribution in [0.1, 0.15) is 5.56 Å². The van der Waals surface area contributed by atoms with Gasteiger partial charge >= 0.3 is 0 Å². The van der Waals surface area contributed by atoms with Crippen LogP contribution in [0.5, 0.6) is 0 Å². The topological polar surface area (TPSA) is 17.1 Å². The Balaban J connectivity index is 2.18. The lowest BCUT2D eigenvalue weighted by atomic mass is 10.2. The second-order valence-corrected chi connectivity index (χ2v) is 9.46. The van der Waals surface area contributed by atoms with E-state index in [2.05, 4.69) is 25.2 Å². The van der Waals surface area contributed by atoms with Crippen LogP contribution in [0.25, 0.3) is 0 Å². The van der Waals surface area contributed by atoms with Crippen molar-refractivity contribution in [3.05, 3.63) is 66.2 Å². The average Bonchev–Trinajstić information content (AvgIpc) is 2.41. The van der Waals surface area contributed by atoms with Crippen molar-refractivity contribution < 1.29 is 4.79 Å². The molecule has 92 valence electrons. The maximum Gasteiger partial charge on any atom is 0.157 e. The Morgan fingerprint density at radius 1 is 0.889 bits per heavy atom. The third-order valence-electron chi connectivity index (χ3n) is 3.40. The molecule has 18 heavy (non-hydrogen) atoms. The van der Waals surface area contributed by atoms with E-state index in [1.807, 2.05) is 48.5 Å². The fourth-order valence-electron chi connectivity index (χ4n) is 2.02. The average molecular weight is 254 g/mol. The van der Waals surface area contributed by atoms with E-state index in [-0.39, 0.29) is 0 Å². The molecule has 0 amide bonds. The summed E-state index contributed by atoms with van der Waals surface area (Å²) in [6.45, 7) is 4.27. The Morgan fingerprint density at radius 3 is 1.94 bits per heavy atom. The van der Waals surface area contributed by atoms with Crippen LogP contribution in [0, 0.1) is 0 Å². The second-order valence-electron chi connectivity index (χ2n) is 5.08. The largest absolute Gasteiger partial charge is 0.305 e. The van der Waals surface area contributed by atoms with Gasteiger partial charge in [-0.05, 0) is 5.56 Å². The Kier molecular flexibility index (Phi) is 3.77. The van der Waals surface area contributed by atoms with Gasteiger partial charge in [0.2, 0.25) is 0 Å². The van der Waals surface area contributed by atoms with Crippen LogP contribution in [0.3, 0.4) is 0 Å². The van der Waals surface area contributed by atoms with E-state index in [0.29, 0.717) is 11.8 Å². The first-order valence-electron chi connectivity index (χ1n) is 6.23. The van der Waals surface area contributed by atoms with Gasteiger partial charge in [-0.3, -0.25) is 0 Å². The fraction of sp³-hybridized carbons (Fsp3) is 0.188. The van der Waals surface area contributed by atoms with Gasteiger partial charge < -0.3 is 4.79 Å². The Morgan fingerprint density at radius 2 is 1.39 bits per heavy atom. The monoisotopic (exact) mass is 254 g/mol. The van der Waals surface area contributed by atoms with Crippen molar-refractivity contribution in [2.45, 2.75) is 19.5 Å². The maximum atomic E-state index is 12.5. The molecular weight excluding hydrogens is 236 g/mol.